The lowest BCUT2D eigenvalue weighted by Gasteiger charge is -2.33. The number of carboxylic acids is 2. The van der Waals surface area contributed by atoms with Crippen molar-refractivity contribution in [2.24, 2.45) is 29.4 Å². The molecule has 1 aromatic rings. The van der Waals surface area contributed by atoms with Crippen LogP contribution in [0.3, 0.4) is 0 Å². The number of nitrogens with two attached hydrogens (primary N) is 1. The second kappa shape index (κ2) is 24.4. The molecule has 1 saturated carbocycles. The highest BCUT2D eigenvalue weighted by Gasteiger charge is 2.35. The van der Waals surface area contributed by atoms with Crippen LogP contribution in [0.1, 0.15) is 110 Å². The van der Waals surface area contributed by atoms with Gasteiger partial charge in [-0.25, -0.2) is 0 Å². The molecule has 16 heteroatoms. The van der Waals surface area contributed by atoms with Gasteiger partial charge in [-0.2, -0.15) is 0 Å². The molecule has 1 aromatic carbocycles. The number of piperidine rings is 1. The van der Waals surface area contributed by atoms with Crippen LogP contribution in [0.25, 0.3) is 0 Å². The number of carbonyl (C=O) groups is 7. The lowest BCUT2D eigenvalue weighted by Crippen LogP contribution is -2.54. The maximum Gasteiger partial charge on any atom is 0.305 e. The number of carbonyl (C=O) groups excluding carboxylic acids is 5. The Hall–Kier alpha value is -4.57. The Labute approximate surface area is 342 Å². The average Bonchev–Trinajstić information content (AvgIpc) is 3.13. The van der Waals surface area contributed by atoms with Gasteiger partial charge in [0.2, 0.25) is 29.5 Å². The standard InChI is InChI=1S/C42H67N7O9/c1-25(2)18-29(46-42(58)32-24-44-17-16-33(32)43)20-37(51)49-35(26(3)4)23-38(52)48-34-13-9-8-12-31(34)41(57)47-30(19-27-10-6-5-7-11-27)21-36(50)45-28(22-40(55)56)14-15-39(53)54/h5-7,10-11,25-26,28-35,44H,8-9,12-24,43H2,1-4H3,(H,45,50)(H,46,58)(H,47,57)(H,48,52)(H,49,51)(H,53,54)(H,55,56)/t28-,29-,30-,31+,32+,33+,34+,35+/m0/s1. The number of benzene rings is 1. The van der Waals surface area contributed by atoms with Crippen LogP contribution in [0.5, 0.6) is 0 Å². The molecule has 0 bridgehead atoms. The summed E-state index contributed by atoms with van der Waals surface area (Å²) in [5, 5.41) is 36.4. The highest BCUT2D eigenvalue weighted by atomic mass is 16.4. The van der Waals surface area contributed by atoms with Crippen LogP contribution in [0.2, 0.25) is 0 Å². The largest absolute Gasteiger partial charge is 0.481 e. The van der Waals surface area contributed by atoms with Crippen molar-refractivity contribution in [1.29, 1.82) is 0 Å². The first kappa shape index (κ1) is 47.8. The fraction of sp³-hybridized carbons (Fsp3) is 0.690. The predicted molar refractivity (Wildman–Crippen MR) is 218 cm³/mol. The van der Waals surface area contributed by atoms with E-state index in [1.807, 2.05) is 58.0 Å². The van der Waals surface area contributed by atoms with E-state index in [2.05, 4.69) is 31.9 Å². The first-order valence-electron chi connectivity index (χ1n) is 20.9. The molecule has 0 spiro atoms. The zero-order valence-corrected chi connectivity index (χ0v) is 34.6. The topological polar surface area (TPSA) is 258 Å². The summed E-state index contributed by atoms with van der Waals surface area (Å²) in [6.45, 7) is 9.13. The molecule has 1 aliphatic carbocycles. The average molecular weight is 814 g/mol. The fourth-order valence-corrected chi connectivity index (χ4v) is 7.89. The van der Waals surface area contributed by atoms with Gasteiger partial charge in [-0.05, 0) is 62.5 Å². The van der Waals surface area contributed by atoms with Gasteiger partial charge >= 0.3 is 11.9 Å². The van der Waals surface area contributed by atoms with E-state index < -0.39 is 60.4 Å². The Bertz CT molecular complexity index is 1530. The SMILES string of the molecule is CC(C)C[C@@H](CC(=O)N[C@H](CC(=O)N[C@@H]1CCCC[C@H]1C(=O)N[C@H](CC(=O)N[C@@H](CCC(=O)O)CC(=O)O)Cc1ccccc1)C(C)C)NC(=O)[C@@H]1CNCC[C@H]1N. The van der Waals surface area contributed by atoms with Crippen molar-refractivity contribution in [3.05, 3.63) is 35.9 Å². The van der Waals surface area contributed by atoms with Crippen LogP contribution in [-0.4, -0.2) is 101 Å². The summed E-state index contributed by atoms with van der Waals surface area (Å²) in [5.41, 5.74) is 7.09. The van der Waals surface area contributed by atoms with Crippen molar-refractivity contribution < 1.29 is 43.8 Å². The summed E-state index contributed by atoms with van der Waals surface area (Å²) < 4.78 is 0. The van der Waals surface area contributed by atoms with Gasteiger partial charge in [0.05, 0.1) is 18.3 Å². The molecule has 58 heavy (non-hydrogen) atoms. The van der Waals surface area contributed by atoms with Crippen molar-refractivity contribution in [2.75, 3.05) is 13.1 Å². The summed E-state index contributed by atoms with van der Waals surface area (Å²) in [6, 6.07) is 6.10. The number of hydrogen-bond donors (Lipinski definition) is 9. The summed E-state index contributed by atoms with van der Waals surface area (Å²) in [6.07, 6.45) is 3.35. The molecule has 5 amide bonds. The molecule has 8 atom stereocenters. The van der Waals surface area contributed by atoms with E-state index in [1.165, 1.54) is 0 Å². The second-order valence-corrected chi connectivity index (χ2v) is 16.9. The lowest BCUT2D eigenvalue weighted by atomic mass is 9.83. The summed E-state index contributed by atoms with van der Waals surface area (Å²) in [7, 11) is 0. The van der Waals surface area contributed by atoms with Gasteiger partial charge in [-0.1, -0.05) is 70.9 Å². The Kier molecular flexibility index (Phi) is 20.1. The third-order valence-electron chi connectivity index (χ3n) is 11.0. The van der Waals surface area contributed by atoms with Crippen molar-refractivity contribution >= 4 is 41.5 Å². The van der Waals surface area contributed by atoms with Gasteiger partial charge in [0.15, 0.2) is 0 Å². The highest BCUT2D eigenvalue weighted by Crippen LogP contribution is 2.26. The molecule has 0 aromatic heterocycles. The Morgan fingerprint density at radius 1 is 0.724 bits per heavy atom. The Morgan fingerprint density at radius 2 is 1.36 bits per heavy atom. The number of nitrogens with one attached hydrogen (secondary N) is 6. The van der Waals surface area contributed by atoms with E-state index in [4.69, 9.17) is 10.8 Å². The van der Waals surface area contributed by atoms with Crippen LogP contribution >= 0.6 is 0 Å². The minimum atomic E-state index is -1.17. The van der Waals surface area contributed by atoms with E-state index in [9.17, 15) is 38.7 Å². The molecular formula is C42H67N7O9. The van der Waals surface area contributed by atoms with Gasteiger partial charge in [-0.15, -0.1) is 0 Å². The molecule has 0 radical (unpaired) electrons. The zero-order valence-electron chi connectivity index (χ0n) is 34.6. The zero-order chi connectivity index (χ0) is 42.8. The van der Waals surface area contributed by atoms with Crippen molar-refractivity contribution in [1.82, 2.24) is 31.9 Å². The molecular weight excluding hydrogens is 747 g/mol. The molecule has 10 N–H and O–H groups in total. The molecule has 324 valence electrons. The van der Waals surface area contributed by atoms with E-state index in [0.29, 0.717) is 38.6 Å². The van der Waals surface area contributed by atoms with Crippen LogP contribution in [0, 0.1) is 23.7 Å². The van der Waals surface area contributed by atoms with Gasteiger partial charge < -0.3 is 47.8 Å². The third kappa shape index (κ3) is 17.5. The first-order valence-corrected chi connectivity index (χ1v) is 20.9. The third-order valence-corrected chi connectivity index (χ3v) is 11.0. The summed E-state index contributed by atoms with van der Waals surface area (Å²) in [4.78, 5) is 89.8. The van der Waals surface area contributed by atoms with Crippen LogP contribution in [0.4, 0.5) is 0 Å². The molecule has 0 unspecified atom stereocenters. The van der Waals surface area contributed by atoms with E-state index in [0.717, 1.165) is 24.9 Å². The molecule has 3 rings (SSSR count). The maximum absolute atomic E-state index is 13.9. The highest BCUT2D eigenvalue weighted by molar-refractivity contribution is 5.85. The number of rotatable bonds is 23. The Morgan fingerprint density at radius 3 is 2.00 bits per heavy atom. The predicted octanol–water partition coefficient (Wildman–Crippen LogP) is 1.99. The van der Waals surface area contributed by atoms with Gasteiger partial charge in [0, 0.05) is 68.5 Å². The van der Waals surface area contributed by atoms with E-state index >= 15 is 0 Å². The molecule has 1 heterocycles. The number of hydrogen-bond acceptors (Lipinski definition) is 9. The second-order valence-electron chi connectivity index (χ2n) is 16.9. The van der Waals surface area contributed by atoms with E-state index in [-0.39, 0.29) is 79.5 Å². The molecule has 2 aliphatic rings. The normalized spacial score (nSPS) is 21.5. The van der Waals surface area contributed by atoms with Gasteiger partial charge in [0.1, 0.15) is 0 Å². The quantitative estimate of drug-likeness (QED) is 0.0772. The van der Waals surface area contributed by atoms with Gasteiger partial charge in [-0.3, -0.25) is 33.6 Å². The lowest BCUT2D eigenvalue weighted by molar-refractivity contribution is -0.140. The van der Waals surface area contributed by atoms with E-state index in [1.54, 1.807) is 0 Å². The van der Waals surface area contributed by atoms with Crippen LogP contribution in [-0.2, 0) is 40.0 Å². The van der Waals surface area contributed by atoms with Gasteiger partial charge in [0.25, 0.3) is 0 Å². The molecule has 2 fully saturated rings. The molecule has 1 aliphatic heterocycles. The van der Waals surface area contributed by atoms with Crippen molar-refractivity contribution in [3.8, 4) is 0 Å². The monoisotopic (exact) mass is 814 g/mol. The van der Waals surface area contributed by atoms with Crippen molar-refractivity contribution in [2.45, 2.75) is 147 Å². The number of aliphatic carboxylic acids is 2. The van der Waals surface area contributed by atoms with Crippen LogP contribution < -0.4 is 37.6 Å². The van der Waals surface area contributed by atoms with Crippen molar-refractivity contribution in [3.63, 3.8) is 0 Å². The molecule has 16 nitrogen and oxygen atoms in total. The maximum atomic E-state index is 13.9. The minimum absolute atomic E-state index is 0.00571. The molecule has 1 saturated heterocycles. The number of amides is 5. The first-order chi connectivity index (χ1) is 27.5. The minimum Gasteiger partial charge on any atom is -0.481 e. The summed E-state index contributed by atoms with van der Waals surface area (Å²) >= 11 is 0. The van der Waals surface area contributed by atoms with Crippen LogP contribution in [0.15, 0.2) is 30.3 Å². The smallest absolute Gasteiger partial charge is 0.305 e. The summed E-state index contributed by atoms with van der Waals surface area (Å²) in [5.74, 6) is -4.68. The Balaban J connectivity index is 1.64. The fourth-order valence-electron chi connectivity index (χ4n) is 7.89. The number of carboxylic acid groups (broad SMARTS) is 2.